The van der Waals surface area contributed by atoms with Gasteiger partial charge in [0.1, 0.15) is 5.52 Å². The van der Waals surface area contributed by atoms with Crippen molar-refractivity contribution in [3.63, 3.8) is 0 Å². The van der Waals surface area contributed by atoms with Crippen LogP contribution in [0.4, 0.5) is 14.7 Å². The third kappa shape index (κ3) is 3.85. The van der Waals surface area contributed by atoms with Crippen LogP contribution < -0.4 is 15.2 Å². The van der Waals surface area contributed by atoms with E-state index in [-0.39, 0.29) is 23.0 Å². The van der Waals surface area contributed by atoms with Crippen LogP contribution in [0.5, 0.6) is 11.5 Å². The highest BCUT2D eigenvalue weighted by atomic mass is 32.1. The van der Waals surface area contributed by atoms with Gasteiger partial charge in [0.2, 0.25) is 5.95 Å². The van der Waals surface area contributed by atoms with Crippen molar-refractivity contribution in [2.45, 2.75) is 59.2 Å². The monoisotopic (exact) mass is 500 g/mol. The smallest absolute Gasteiger partial charge is 0.395 e. The fraction of sp³-hybridized carbons (Fsp3) is 0.500. The summed E-state index contributed by atoms with van der Waals surface area (Å²) in [5.41, 5.74) is 8.05. The second-order valence-corrected chi connectivity index (χ2v) is 11.0. The molecule has 0 saturated heterocycles. The number of nitrogens with two attached hydrogens (primary N) is 1. The van der Waals surface area contributed by atoms with E-state index in [1.165, 1.54) is 21.2 Å². The van der Waals surface area contributed by atoms with Gasteiger partial charge in [0, 0.05) is 16.7 Å². The standard InChI is InChI=1S/C24H26F2N6O2S/c1-11(12(2)14-4-7-16-18(9-5-14)35-13(3)28-16)10-19-29-22-15-6-8-17-21(34-24(25,26)33-17)20(15)30-23(27)32(22)31-19/h6,8,11-12,14H,4-5,7,9-10H2,1-3H3,(H2,27,30). The molecule has 6 rings (SSSR count). The zero-order valence-electron chi connectivity index (χ0n) is 19.7. The molecule has 3 aromatic heterocycles. The van der Waals surface area contributed by atoms with Crippen LogP contribution in [-0.2, 0) is 19.3 Å². The summed E-state index contributed by atoms with van der Waals surface area (Å²) in [5.74, 6) is 1.93. The molecule has 1 aliphatic carbocycles. The number of hydrogen-bond donors (Lipinski definition) is 1. The van der Waals surface area contributed by atoms with Crippen LogP contribution in [0.15, 0.2) is 12.1 Å². The van der Waals surface area contributed by atoms with Crippen LogP contribution in [-0.4, -0.2) is 30.9 Å². The molecule has 0 saturated carbocycles. The van der Waals surface area contributed by atoms with Crippen molar-refractivity contribution in [3.8, 4) is 11.5 Å². The minimum absolute atomic E-state index is 0.0527. The normalized spacial score (nSPS) is 20.7. The quantitative estimate of drug-likeness (QED) is 0.396. The molecule has 0 radical (unpaired) electrons. The first-order valence-electron chi connectivity index (χ1n) is 11.9. The van der Waals surface area contributed by atoms with E-state index < -0.39 is 6.29 Å². The molecule has 11 heteroatoms. The van der Waals surface area contributed by atoms with E-state index in [1.54, 1.807) is 6.07 Å². The highest BCUT2D eigenvalue weighted by Crippen LogP contribution is 2.45. The first kappa shape index (κ1) is 22.4. The number of thiazole rings is 1. The molecule has 35 heavy (non-hydrogen) atoms. The molecule has 4 heterocycles. The number of anilines is 1. The number of aromatic nitrogens is 5. The lowest BCUT2D eigenvalue weighted by Crippen LogP contribution is -2.26. The summed E-state index contributed by atoms with van der Waals surface area (Å²) >= 11 is 1.83. The molecule has 184 valence electrons. The molecule has 0 fully saturated rings. The molecule has 1 aromatic carbocycles. The number of ether oxygens (including phenoxy) is 2. The average molecular weight is 501 g/mol. The summed E-state index contributed by atoms with van der Waals surface area (Å²) < 4.78 is 37.9. The maximum Gasteiger partial charge on any atom is 0.586 e. The molecule has 3 atom stereocenters. The second kappa shape index (κ2) is 7.97. The Balaban J connectivity index is 1.25. The fourth-order valence-electron chi connectivity index (χ4n) is 5.38. The Labute approximate surface area is 204 Å². The molecular weight excluding hydrogens is 474 g/mol. The van der Waals surface area contributed by atoms with Crippen molar-refractivity contribution < 1.29 is 18.3 Å². The molecule has 0 amide bonds. The lowest BCUT2D eigenvalue weighted by Gasteiger charge is -2.27. The number of benzene rings is 1. The van der Waals surface area contributed by atoms with Crippen LogP contribution in [0.25, 0.3) is 16.6 Å². The van der Waals surface area contributed by atoms with E-state index in [4.69, 9.17) is 15.7 Å². The van der Waals surface area contributed by atoms with Crippen molar-refractivity contribution in [1.29, 1.82) is 0 Å². The van der Waals surface area contributed by atoms with Gasteiger partial charge in [-0.3, -0.25) is 0 Å². The number of halogens is 2. The highest BCUT2D eigenvalue weighted by molar-refractivity contribution is 7.11. The molecule has 1 aliphatic heterocycles. The Hall–Kier alpha value is -3.08. The average Bonchev–Trinajstić information content (AvgIpc) is 3.43. The number of hydrogen-bond acceptors (Lipinski definition) is 8. The Kier molecular flexibility index (Phi) is 5.10. The number of nitrogens with zero attached hydrogens (tertiary/aromatic N) is 5. The second-order valence-electron chi connectivity index (χ2n) is 9.67. The molecule has 2 N–H and O–H groups in total. The van der Waals surface area contributed by atoms with Gasteiger partial charge < -0.3 is 15.2 Å². The van der Waals surface area contributed by atoms with Gasteiger partial charge in [-0.15, -0.1) is 25.2 Å². The Morgan fingerprint density at radius 2 is 1.97 bits per heavy atom. The number of fused-ring (bicyclic) bond motifs is 6. The summed E-state index contributed by atoms with van der Waals surface area (Å²) in [4.78, 5) is 15.2. The number of nitrogen functional groups attached to an aromatic ring is 1. The summed E-state index contributed by atoms with van der Waals surface area (Å²) in [6.45, 7) is 6.63. The van der Waals surface area contributed by atoms with Crippen molar-refractivity contribution >= 4 is 33.8 Å². The van der Waals surface area contributed by atoms with Crippen LogP contribution in [0.1, 0.15) is 48.1 Å². The number of rotatable bonds is 4. The fourth-order valence-corrected chi connectivity index (χ4v) is 6.38. The summed E-state index contributed by atoms with van der Waals surface area (Å²) in [6.07, 6.45) is 1.39. The van der Waals surface area contributed by atoms with E-state index in [9.17, 15) is 8.78 Å². The maximum absolute atomic E-state index is 13.6. The van der Waals surface area contributed by atoms with E-state index >= 15 is 0 Å². The number of aryl methyl sites for hydroxylation is 3. The topological polar surface area (TPSA) is 100 Å². The van der Waals surface area contributed by atoms with Crippen molar-refractivity contribution in [2.24, 2.45) is 17.8 Å². The Morgan fingerprint density at radius 1 is 1.17 bits per heavy atom. The van der Waals surface area contributed by atoms with Crippen molar-refractivity contribution in [1.82, 2.24) is 24.6 Å². The number of alkyl halides is 2. The van der Waals surface area contributed by atoms with Gasteiger partial charge in [-0.1, -0.05) is 13.8 Å². The predicted molar refractivity (Wildman–Crippen MR) is 128 cm³/mol. The third-order valence-electron chi connectivity index (χ3n) is 7.41. The lowest BCUT2D eigenvalue weighted by atomic mass is 9.78. The molecular formula is C24H26F2N6O2S. The van der Waals surface area contributed by atoms with Gasteiger partial charge >= 0.3 is 6.29 Å². The van der Waals surface area contributed by atoms with Crippen molar-refractivity contribution in [3.05, 3.63) is 33.5 Å². The first-order chi connectivity index (χ1) is 16.7. The van der Waals surface area contributed by atoms with Gasteiger partial charge in [-0.05, 0) is 62.5 Å². The Bertz CT molecular complexity index is 1430. The lowest BCUT2D eigenvalue weighted by molar-refractivity contribution is -0.286. The maximum atomic E-state index is 13.6. The van der Waals surface area contributed by atoms with Crippen molar-refractivity contribution in [2.75, 3.05) is 5.73 Å². The minimum Gasteiger partial charge on any atom is -0.395 e. The SMILES string of the molecule is Cc1nc2c(s1)CCC(C(C)C(C)Cc1nc3c4ccc5c(c4nc(N)n3n1)OC(F)(F)O5)CC2. The summed E-state index contributed by atoms with van der Waals surface area (Å²) in [5, 5.41) is 6.28. The molecule has 0 spiro atoms. The van der Waals surface area contributed by atoms with Crippen LogP contribution in [0.3, 0.4) is 0 Å². The minimum atomic E-state index is -3.73. The van der Waals surface area contributed by atoms with Gasteiger partial charge in [0.05, 0.1) is 10.7 Å². The van der Waals surface area contributed by atoms with Gasteiger partial charge in [0.15, 0.2) is 23.0 Å². The van der Waals surface area contributed by atoms with E-state index in [2.05, 4.69) is 40.3 Å². The molecule has 8 nitrogen and oxygen atoms in total. The van der Waals surface area contributed by atoms with Gasteiger partial charge in [0.25, 0.3) is 0 Å². The first-order valence-corrected chi connectivity index (χ1v) is 12.7. The zero-order chi connectivity index (χ0) is 24.5. The molecule has 0 bridgehead atoms. The molecule has 2 aliphatic rings. The van der Waals surface area contributed by atoms with E-state index in [1.807, 2.05) is 11.3 Å². The predicted octanol–water partition coefficient (Wildman–Crippen LogP) is 4.96. The van der Waals surface area contributed by atoms with Crippen LogP contribution >= 0.6 is 11.3 Å². The highest BCUT2D eigenvalue weighted by Gasteiger charge is 2.45. The summed E-state index contributed by atoms with van der Waals surface area (Å²) in [7, 11) is 0. The third-order valence-corrected chi connectivity index (χ3v) is 8.48. The van der Waals surface area contributed by atoms with Crippen LogP contribution in [0.2, 0.25) is 0 Å². The Morgan fingerprint density at radius 3 is 2.80 bits per heavy atom. The summed E-state index contributed by atoms with van der Waals surface area (Å²) in [6, 6.07) is 3.06. The molecule has 3 unspecified atom stereocenters. The zero-order valence-corrected chi connectivity index (χ0v) is 20.5. The van der Waals surface area contributed by atoms with E-state index in [0.29, 0.717) is 41.0 Å². The largest absolute Gasteiger partial charge is 0.586 e. The van der Waals surface area contributed by atoms with Gasteiger partial charge in [-0.2, -0.15) is 4.52 Å². The molecule has 4 aromatic rings. The van der Waals surface area contributed by atoms with E-state index in [0.717, 1.165) is 30.7 Å². The van der Waals surface area contributed by atoms with Gasteiger partial charge in [-0.25, -0.2) is 15.0 Å². The van der Waals surface area contributed by atoms with Crippen LogP contribution in [0, 0.1) is 24.7 Å².